The Bertz CT molecular complexity index is 980. The Morgan fingerprint density at radius 1 is 0.328 bits per heavy atom. The predicted molar refractivity (Wildman–Crippen MR) is 275 cm³/mol. The average Bonchev–Trinajstić information content (AvgIpc) is 3.28. The van der Waals surface area contributed by atoms with Gasteiger partial charge in [0.25, 0.3) is 0 Å². The standard InChI is InChI=1S/C58H112O6/c1-6-8-9-36-43-48-56(59)62-51-55(64-58(61)50-45-40-35-31-27-23-19-15-14-16-20-24-28-32-37-41-46-53(3)4)52-63-57(60)49-44-39-34-30-26-22-18-13-11-10-12-17-21-25-29-33-38-42-47-54(5)7-2/h53-55H,6-52H2,1-5H3/t54?,55-/m0/s1. The van der Waals surface area contributed by atoms with E-state index in [4.69, 9.17) is 14.2 Å². The van der Waals surface area contributed by atoms with E-state index in [-0.39, 0.29) is 31.1 Å². The second-order valence-electron chi connectivity index (χ2n) is 20.6. The van der Waals surface area contributed by atoms with Crippen LogP contribution in [0, 0.1) is 11.8 Å². The fraction of sp³-hybridized carbons (Fsp3) is 0.948. The van der Waals surface area contributed by atoms with Crippen LogP contribution in [0.15, 0.2) is 0 Å². The zero-order valence-corrected chi connectivity index (χ0v) is 43.9. The van der Waals surface area contributed by atoms with E-state index >= 15 is 0 Å². The minimum atomic E-state index is -0.760. The molecule has 0 aliphatic heterocycles. The SMILES string of the molecule is CCCCCCCC(=O)OC[C@@H](COC(=O)CCCCCCCCCCCCCCCCCCCCC(C)CC)OC(=O)CCCCCCCCCCCCCCCCCCC(C)C. The maximum atomic E-state index is 12.8. The summed E-state index contributed by atoms with van der Waals surface area (Å²) in [5, 5.41) is 0. The van der Waals surface area contributed by atoms with Crippen molar-refractivity contribution in [3.8, 4) is 0 Å². The van der Waals surface area contributed by atoms with E-state index in [0.717, 1.165) is 76.0 Å². The molecule has 0 heterocycles. The molecule has 0 amide bonds. The van der Waals surface area contributed by atoms with Crippen LogP contribution in [0.1, 0.15) is 324 Å². The van der Waals surface area contributed by atoms with E-state index in [9.17, 15) is 14.4 Å². The molecule has 0 aromatic carbocycles. The number of carbonyl (C=O) groups excluding carboxylic acids is 3. The number of esters is 3. The molecule has 0 fully saturated rings. The van der Waals surface area contributed by atoms with E-state index in [1.54, 1.807) is 0 Å². The van der Waals surface area contributed by atoms with Gasteiger partial charge < -0.3 is 14.2 Å². The van der Waals surface area contributed by atoms with Gasteiger partial charge in [0.15, 0.2) is 6.10 Å². The molecule has 380 valence electrons. The lowest BCUT2D eigenvalue weighted by atomic mass is 9.99. The van der Waals surface area contributed by atoms with Crippen molar-refractivity contribution >= 4 is 17.9 Å². The lowest BCUT2D eigenvalue weighted by Crippen LogP contribution is -2.30. The normalized spacial score (nSPS) is 12.5. The van der Waals surface area contributed by atoms with E-state index in [0.29, 0.717) is 19.3 Å². The van der Waals surface area contributed by atoms with E-state index in [1.807, 2.05) is 0 Å². The Balaban J connectivity index is 4.03. The van der Waals surface area contributed by atoms with Gasteiger partial charge in [0.05, 0.1) is 0 Å². The third-order valence-corrected chi connectivity index (χ3v) is 13.6. The molecule has 0 bridgehead atoms. The van der Waals surface area contributed by atoms with Gasteiger partial charge in [-0.1, -0.05) is 285 Å². The van der Waals surface area contributed by atoms with Crippen LogP contribution >= 0.6 is 0 Å². The topological polar surface area (TPSA) is 78.9 Å². The summed E-state index contributed by atoms with van der Waals surface area (Å²) in [4.78, 5) is 37.8. The Hall–Kier alpha value is -1.59. The third kappa shape index (κ3) is 49.8. The molecule has 0 saturated carbocycles. The molecule has 0 aliphatic rings. The van der Waals surface area contributed by atoms with Crippen LogP contribution in [-0.4, -0.2) is 37.2 Å². The molecular weight excluding hydrogens is 793 g/mol. The first-order valence-electron chi connectivity index (χ1n) is 28.8. The number of carbonyl (C=O) groups is 3. The van der Waals surface area contributed by atoms with Crippen molar-refractivity contribution in [1.82, 2.24) is 0 Å². The van der Waals surface area contributed by atoms with Crippen LogP contribution in [-0.2, 0) is 28.6 Å². The Labute approximate surface area is 399 Å². The highest BCUT2D eigenvalue weighted by atomic mass is 16.6. The summed E-state index contributed by atoms with van der Waals surface area (Å²) in [5.74, 6) is 0.906. The van der Waals surface area contributed by atoms with Gasteiger partial charge in [-0.3, -0.25) is 14.4 Å². The summed E-state index contributed by atoms with van der Waals surface area (Å²) < 4.78 is 16.7. The van der Waals surface area contributed by atoms with Gasteiger partial charge in [-0.2, -0.15) is 0 Å². The summed E-state index contributed by atoms with van der Waals surface area (Å²) in [6.45, 7) is 11.4. The fourth-order valence-corrected chi connectivity index (χ4v) is 8.84. The van der Waals surface area contributed by atoms with Crippen molar-refractivity contribution in [2.45, 2.75) is 330 Å². The number of hydrogen-bond donors (Lipinski definition) is 0. The smallest absolute Gasteiger partial charge is 0.306 e. The molecule has 64 heavy (non-hydrogen) atoms. The molecule has 2 atom stereocenters. The Morgan fingerprint density at radius 2 is 0.594 bits per heavy atom. The molecular formula is C58H112O6. The van der Waals surface area contributed by atoms with Gasteiger partial charge in [0.1, 0.15) is 13.2 Å². The minimum absolute atomic E-state index is 0.0638. The zero-order chi connectivity index (χ0) is 46.8. The van der Waals surface area contributed by atoms with Crippen LogP contribution in [0.4, 0.5) is 0 Å². The molecule has 6 heteroatoms. The number of unbranched alkanes of at least 4 members (excludes halogenated alkanes) is 36. The summed E-state index contributed by atoms with van der Waals surface area (Å²) in [5.41, 5.74) is 0. The van der Waals surface area contributed by atoms with Gasteiger partial charge >= 0.3 is 17.9 Å². The molecule has 0 radical (unpaired) electrons. The Kier molecular flexibility index (Phi) is 49.6. The average molecular weight is 906 g/mol. The maximum Gasteiger partial charge on any atom is 0.306 e. The second-order valence-corrected chi connectivity index (χ2v) is 20.6. The van der Waals surface area contributed by atoms with Crippen LogP contribution in [0.25, 0.3) is 0 Å². The number of hydrogen-bond acceptors (Lipinski definition) is 6. The molecule has 0 rings (SSSR count). The lowest BCUT2D eigenvalue weighted by Gasteiger charge is -2.18. The van der Waals surface area contributed by atoms with Crippen LogP contribution < -0.4 is 0 Å². The monoisotopic (exact) mass is 905 g/mol. The van der Waals surface area contributed by atoms with Gasteiger partial charge in [-0.15, -0.1) is 0 Å². The summed E-state index contributed by atoms with van der Waals surface area (Å²) >= 11 is 0. The zero-order valence-electron chi connectivity index (χ0n) is 43.9. The third-order valence-electron chi connectivity index (χ3n) is 13.6. The molecule has 1 unspecified atom stereocenters. The molecule has 0 N–H and O–H groups in total. The molecule has 0 aliphatic carbocycles. The van der Waals surface area contributed by atoms with E-state index in [1.165, 1.54) is 205 Å². The van der Waals surface area contributed by atoms with E-state index < -0.39 is 6.10 Å². The summed E-state index contributed by atoms with van der Waals surface area (Å²) in [6.07, 6.45) is 54.2. The van der Waals surface area contributed by atoms with E-state index in [2.05, 4.69) is 34.6 Å². The van der Waals surface area contributed by atoms with Crippen molar-refractivity contribution in [2.24, 2.45) is 11.8 Å². The van der Waals surface area contributed by atoms with Crippen LogP contribution in [0.3, 0.4) is 0 Å². The summed E-state index contributed by atoms with van der Waals surface area (Å²) in [7, 11) is 0. The Morgan fingerprint density at radius 3 is 0.891 bits per heavy atom. The molecule has 0 aromatic rings. The first-order chi connectivity index (χ1) is 31.3. The summed E-state index contributed by atoms with van der Waals surface area (Å²) in [6, 6.07) is 0. The first kappa shape index (κ1) is 62.4. The first-order valence-corrected chi connectivity index (χ1v) is 28.8. The van der Waals surface area contributed by atoms with Crippen LogP contribution in [0.2, 0.25) is 0 Å². The maximum absolute atomic E-state index is 12.8. The predicted octanol–water partition coefficient (Wildman–Crippen LogP) is 18.9. The molecule has 0 saturated heterocycles. The van der Waals surface area contributed by atoms with Crippen molar-refractivity contribution in [2.75, 3.05) is 13.2 Å². The fourth-order valence-electron chi connectivity index (χ4n) is 8.84. The molecule has 0 aromatic heterocycles. The van der Waals surface area contributed by atoms with Gasteiger partial charge in [-0.05, 0) is 31.1 Å². The molecule has 0 spiro atoms. The van der Waals surface area contributed by atoms with Crippen molar-refractivity contribution < 1.29 is 28.6 Å². The van der Waals surface area contributed by atoms with Gasteiger partial charge in [-0.25, -0.2) is 0 Å². The van der Waals surface area contributed by atoms with Crippen molar-refractivity contribution in [3.05, 3.63) is 0 Å². The number of rotatable bonds is 52. The highest BCUT2D eigenvalue weighted by molar-refractivity contribution is 5.71. The van der Waals surface area contributed by atoms with Crippen molar-refractivity contribution in [1.29, 1.82) is 0 Å². The minimum Gasteiger partial charge on any atom is -0.462 e. The van der Waals surface area contributed by atoms with Gasteiger partial charge in [0.2, 0.25) is 0 Å². The van der Waals surface area contributed by atoms with Crippen molar-refractivity contribution in [3.63, 3.8) is 0 Å². The molecule has 6 nitrogen and oxygen atoms in total. The second kappa shape index (κ2) is 50.8. The highest BCUT2D eigenvalue weighted by Crippen LogP contribution is 2.19. The van der Waals surface area contributed by atoms with Gasteiger partial charge in [0, 0.05) is 19.3 Å². The quantitative estimate of drug-likeness (QED) is 0.0344. The number of ether oxygens (including phenoxy) is 3. The highest BCUT2D eigenvalue weighted by Gasteiger charge is 2.19. The van der Waals surface area contributed by atoms with Crippen LogP contribution in [0.5, 0.6) is 0 Å². The largest absolute Gasteiger partial charge is 0.462 e. The lowest BCUT2D eigenvalue weighted by molar-refractivity contribution is -0.167.